The molecule has 1 aromatic carbocycles. The first kappa shape index (κ1) is 15.4. The summed E-state index contributed by atoms with van der Waals surface area (Å²) < 4.78 is 10.1. The van der Waals surface area contributed by atoms with Gasteiger partial charge in [-0.05, 0) is 18.1 Å². The number of hydrogen-bond acceptors (Lipinski definition) is 4. The molecular formula is C15H17ClN2O3. The van der Waals surface area contributed by atoms with E-state index in [0.29, 0.717) is 22.0 Å². The Morgan fingerprint density at radius 1 is 1.33 bits per heavy atom. The minimum atomic E-state index is -0.420. The van der Waals surface area contributed by atoms with E-state index < -0.39 is 5.97 Å². The smallest absolute Gasteiger partial charge is 0.342 e. The number of ether oxygens (including phenoxy) is 2. The number of esters is 1. The molecule has 0 aliphatic carbocycles. The highest BCUT2D eigenvalue weighted by molar-refractivity contribution is 6.32. The predicted octanol–water partition coefficient (Wildman–Crippen LogP) is 3.65. The molecule has 0 atom stereocenters. The lowest BCUT2D eigenvalue weighted by atomic mass is 10.0. The molecule has 0 fully saturated rings. The van der Waals surface area contributed by atoms with Crippen LogP contribution in [0.15, 0.2) is 18.2 Å². The molecule has 0 radical (unpaired) electrons. The first-order valence-electron chi connectivity index (χ1n) is 6.50. The standard InChI is InChI=1S/C15H17ClN2O3/c1-8(2)13-12(15(19)21-4)14(18-17-13)9-5-6-10(16)11(7-9)20-3/h5-8H,1-4H3,(H,17,18). The third-order valence-electron chi connectivity index (χ3n) is 3.19. The van der Waals surface area contributed by atoms with E-state index in [9.17, 15) is 4.79 Å². The fraction of sp³-hybridized carbons (Fsp3) is 0.333. The molecular weight excluding hydrogens is 292 g/mol. The van der Waals surface area contributed by atoms with Crippen LogP contribution in [0.3, 0.4) is 0 Å². The second-order valence-corrected chi connectivity index (χ2v) is 5.26. The largest absolute Gasteiger partial charge is 0.495 e. The highest BCUT2D eigenvalue weighted by Crippen LogP contribution is 2.33. The molecule has 1 N–H and O–H groups in total. The minimum absolute atomic E-state index is 0.120. The van der Waals surface area contributed by atoms with E-state index in [1.807, 2.05) is 13.8 Å². The van der Waals surface area contributed by atoms with Crippen molar-refractivity contribution in [1.29, 1.82) is 0 Å². The Hall–Kier alpha value is -2.01. The van der Waals surface area contributed by atoms with Gasteiger partial charge in [0.2, 0.25) is 0 Å². The van der Waals surface area contributed by atoms with Crippen molar-refractivity contribution in [3.8, 4) is 17.0 Å². The fourth-order valence-electron chi connectivity index (χ4n) is 2.10. The molecule has 0 unspecified atom stereocenters. The van der Waals surface area contributed by atoms with Crippen molar-refractivity contribution in [2.45, 2.75) is 19.8 Å². The first-order valence-corrected chi connectivity index (χ1v) is 6.87. The van der Waals surface area contributed by atoms with Crippen molar-refractivity contribution in [3.05, 3.63) is 34.5 Å². The topological polar surface area (TPSA) is 64.2 Å². The summed E-state index contributed by atoms with van der Waals surface area (Å²) in [5, 5.41) is 7.67. The number of methoxy groups -OCH3 is 2. The Morgan fingerprint density at radius 2 is 2.05 bits per heavy atom. The number of aromatic amines is 1. The van der Waals surface area contributed by atoms with E-state index in [0.717, 1.165) is 11.3 Å². The third-order valence-corrected chi connectivity index (χ3v) is 3.50. The summed E-state index contributed by atoms with van der Waals surface area (Å²) in [6.07, 6.45) is 0. The van der Waals surface area contributed by atoms with Crippen LogP contribution in [-0.4, -0.2) is 30.4 Å². The Kier molecular flexibility index (Phi) is 4.53. The second kappa shape index (κ2) is 6.18. The zero-order valence-corrected chi connectivity index (χ0v) is 13.1. The maximum Gasteiger partial charge on any atom is 0.342 e. The van der Waals surface area contributed by atoms with Crippen LogP contribution in [0.5, 0.6) is 5.75 Å². The molecule has 6 heteroatoms. The van der Waals surface area contributed by atoms with Gasteiger partial charge in [-0.3, -0.25) is 5.10 Å². The van der Waals surface area contributed by atoms with Crippen molar-refractivity contribution < 1.29 is 14.3 Å². The summed E-state index contributed by atoms with van der Waals surface area (Å²) in [7, 11) is 2.89. The van der Waals surface area contributed by atoms with Crippen molar-refractivity contribution in [2.24, 2.45) is 0 Å². The van der Waals surface area contributed by atoms with Crippen LogP contribution >= 0.6 is 11.6 Å². The number of carbonyl (C=O) groups excluding carboxylic acids is 1. The van der Waals surface area contributed by atoms with Gasteiger partial charge in [-0.2, -0.15) is 5.10 Å². The molecule has 0 aliphatic heterocycles. The monoisotopic (exact) mass is 308 g/mol. The Balaban J connectivity index is 2.61. The number of rotatable bonds is 4. The van der Waals surface area contributed by atoms with Crippen molar-refractivity contribution >= 4 is 17.6 Å². The van der Waals surface area contributed by atoms with E-state index in [-0.39, 0.29) is 5.92 Å². The number of halogens is 1. The van der Waals surface area contributed by atoms with Crippen LogP contribution in [0.2, 0.25) is 5.02 Å². The summed E-state index contributed by atoms with van der Waals surface area (Å²) in [5.74, 6) is 0.227. The summed E-state index contributed by atoms with van der Waals surface area (Å²) >= 11 is 6.02. The number of hydrogen-bond donors (Lipinski definition) is 1. The molecule has 0 saturated heterocycles. The van der Waals surface area contributed by atoms with E-state index in [4.69, 9.17) is 21.1 Å². The summed E-state index contributed by atoms with van der Waals surface area (Å²) in [6, 6.07) is 5.24. The third kappa shape index (κ3) is 2.88. The summed E-state index contributed by atoms with van der Waals surface area (Å²) in [4.78, 5) is 12.1. The van der Waals surface area contributed by atoms with E-state index in [2.05, 4.69) is 10.2 Å². The summed E-state index contributed by atoms with van der Waals surface area (Å²) in [6.45, 7) is 3.96. The summed E-state index contributed by atoms with van der Waals surface area (Å²) in [5.41, 5.74) is 2.45. The van der Waals surface area contributed by atoms with E-state index in [1.54, 1.807) is 18.2 Å². The van der Waals surface area contributed by atoms with Gasteiger partial charge in [0.05, 0.1) is 24.9 Å². The predicted molar refractivity (Wildman–Crippen MR) is 81.0 cm³/mol. The molecule has 2 aromatic rings. The SMILES string of the molecule is COC(=O)c1c(-c2ccc(Cl)c(OC)c2)n[nH]c1C(C)C. The molecule has 2 rings (SSSR count). The molecule has 5 nitrogen and oxygen atoms in total. The van der Waals surface area contributed by atoms with Gasteiger partial charge >= 0.3 is 5.97 Å². The van der Waals surface area contributed by atoms with Gasteiger partial charge in [-0.25, -0.2) is 4.79 Å². The Labute approximate surface area is 128 Å². The normalized spacial score (nSPS) is 10.8. The first-order chi connectivity index (χ1) is 9.99. The zero-order valence-electron chi connectivity index (χ0n) is 12.4. The molecule has 1 aromatic heterocycles. The van der Waals surface area contributed by atoms with Crippen LogP contribution in [0, 0.1) is 0 Å². The number of nitrogens with one attached hydrogen (secondary N) is 1. The Bertz CT molecular complexity index is 665. The van der Waals surface area contributed by atoms with Crippen LogP contribution in [0.1, 0.15) is 35.8 Å². The van der Waals surface area contributed by atoms with Crippen molar-refractivity contribution in [3.63, 3.8) is 0 Å². The number of benzene rings is 1. The molecule has 0 spiro atoms. The van der Waals surface area contributed by atoms with Crippen LogP contribution in [0.25, 0.3) is 11.3 Å². The quantitative estimate of drug-likeness (QED) is 0.876. The highest BCUT2D eigenvalue weighted by atomic mass is 35.5. The lowest BCUT2D eigenvalue weighted by Crippen LogP contribution is -2.06. The number of aromatic nitrogens is 2. The molecule has 21 heavy (non-hydrogen) atoms. The molecule has 1 heterocycles. The number of carbonyl (C=O) groups is 1. The molecule has 0 amide bonds. The zero-order chi connectivity index (χ0) is 15.6. The van der Waals surface area contributed by atoms with Gasteiger partial charge in [0, 0.05) is 5.56 Å². The molecule has 0 aliphatic rings. The van der Waals surface area contributed by atoms with E-state index >= 15 is 0 Å². The van der Waals surface area contributed by atoms with Gasteiger partial charge < -0.3 is 9.47 Å². The number of H-pyrrole nitrogens is 1. The maximum atomic E-state index is 12.1. The fourth-order valence-corrected chi connectivity index (χ4v) is 2.29. The van der Waals surface area contributed by atoms with Crippen LogP contribution < -0.4 is 4.74 Å². The Morgan fingerprint density at radius 3 is 2.62 bits per heavy atom. The van der Waals surface area contributed by atoms with Crippen LogP contribution in [0.4, 0.5) is 0 Å². The maximum absolute atomic E-state index is 12.1. The lowest BCUT2D eigenvalue weighted by molar-refractivity contribution is 0.0600. The van der Waals surface area contributed by atoms with Gasteiger partial charge in [0.15, 0.2) is 0 Å². The van der Waals surface area contributed by atoms with Crippen molar-refractivity contribution in [2.75, 3.05) is 14.2 Å². The average molecular weight is 309 g/mol. The second-order valence-electron chi connectivity index (χ2n) is 4.86. The van der Waals surface area contributed by atoms with Gasteiger partial charge in [-0.15, -0.1) is 0 Å². The van der Waals surface area contributed by atoms with Gasteiger partial charge in [0.25, 0.3) is 0 Å². The number of nitrogens with zero attached hydrogens (tertiary/aromatic N) is 1. The average Bonchev–Trinajstić information content (AvgIpc) is 2.92. The highest BCUT2D eigenvalue weighted by Gasteiger charge is 2.24. The lowest BCUT2D eigenvalue weighted by Gasteiger charge is -2.08. The molecule has 0 saturated carbocycles. The van der Waals surface area contributed by atoms with E-state index in [1.165, 1.54) is 14.2 Å². The van der Waals surface area contributed by atoms with Gasteiger partial charge in [-0.1, -0.05) is 31.5 Å². The van der Waals surface area contributed by atoms with Crippen molar-refractivity contribution in [1.82, 2.24) is 10.2 Å². The minimum Gasteiger partial charge on any atom is -0.495 e. The van der Waals surface area contributed by atoms with Crippen LogP contribution in [-0.2, 0) is 4.74 Å². The molecule has 0 bridgehead atoms. The van der Waals surface area contributed by atoms with Gasteiger partial charge in [0.1, 0.15) is 17.0 Å². The molecule has 112 valence electrons.